The predicted molar refractivity (Wildman–Crippen MR) is 46.7 cm³/mol. The van der Waals surface area contributed by atoms with Gasteiger partial charge in [-0.05, 0) is 0 Å². The molecule has 18 heteroatoms. The van der Waals surface area contributed by atoms with Crippen LogP contribution in [0.25, 0.3) is 0 Å². The van der Waals surface area contributed by atoms with Crippen LogP contribution in [0.15, 0.2) is 0 Å². The Morgan fingerprint density at radius 1 is 0.370 bits per heavy atom. The summed E-state index contributed by atoms with van der Waals surface area (Å²) in [6.45, 7) is 0. The van der Waals surface area contributed by atoms with Gasteiger partial charge in [0.1, 0.15) is 0 Å². The second kappa shape index (κ2) is 5.99. The fourth-order valence-corrected chi connectivity index (χ4v) is 1.25. The zero-order chi connectivity index (χ0) is 22.7. The quantitative estimate of drug-likeness (QED) is 0.387. The highest BCUT2D eigenvalue weighted by Gasteiger charge is 2.95. The Bertz CT molecular complexity index is 569. The summed E-state index contributed by atoms with van der Waals surface area (Å²) in [7, 11) is 0. The number of hydrogen-bond acceptors (Lipinski definition) is 1. The van der Waals surface area contributed by atoms with Crippen molar-refractivity contribution in [1.82, 2.24) is 0 Å². The van der Waals surface area contributed by atoms with E-state index >= 15 is 0 Å². The second-order valence-electron chi connectivity index (χ2n) is 4.68. The van der Waals surface area contributed by atoms with Crippen molar-refractivity contribution in [3.05, 3.63) is 0 Å². The van der Waals surface area contributed by atoms with Crippen LogP contribution >= 0.6 is 0 Å². The maximum absolute atomic E-state index is 12.9. The molecule has 0 unspecified atom stereocenters. The van der Waals surface area contributed by atoms with Crippen LogP contribution in [0, 0.1) is 0 Å². The molecule has 0 heterocycles. The average molecular weight is 448 g/mol. The van der Waals surface area contributed by atoms with Crippen LogP contribution < -0.4 is 0 Å². The van der Waals surface area contributed by atoms with Crippen LogP contribution in [0.2, 0.25) is 0 Å². The number of halogens is 17. The van der Waals surface area contributed by atoms with Crippen molar-refractivity contribution in [2.75, 3.05) is 0 Å². The molecule has 0 aromatic rings. The Balaban J connectivity index is 6.69. The summed E-state index contributed by atoms with van der Waals surface area (Å²) < 4.78 is 213. The van der Waals surface area contributed by atoms with Gasteiger partial charge in [0.2, 0.25) is 0 Å². The third kappa shape index (κ3) is 2.98. The lowest BCUT2D eigenvalue weighted by atomic mass is 9.89. The van der Waals surface area contributed by atoms with Gasteiger partial charge < -0.3 is 0 Å². The molecule has 0 fully saturated rings. The van der Waals surface area contributed by atoms with E-state index in [-0.39, 0.29) is 0 Å². The van der Waals surface area contributed by atoms with E-state index in [9.17, 15) is 79.4 Å². The van der Waals surface area contributed by atoms with E-state index in [1.165, 1.54) is 0 Å². The molecular formula is C9HF17O. The van der Waals surface area contributed by atoms with Gasteiger partial charge in [-0.2, -0.15) is 74.6 Å². The highest BCUT2D eigenvalue weighted by molar-refractivity contribution is 5.62. The van der Waals surface area contributed by atoms with E-state index in [1.54, 1.807) is 0 Å². The monoisotopic (exact) mass is 448 g/mol. The van der Waals surface area contributed by atoms with Crippen LogP contribution in [0.3, 0.4) is 0 Å². The molecule has 0 atom stereocenters. The van der Waals surface area contributed by atoms with E-state index in [2.05, 4.69) is 0 Å². The molecule has 0 radical (unpaired) electrons. The van der Waals surface area contributed by atoms with E-state index in [4.69, 9.17) is 0 Å². The van der Waals surface area contributed by atoms with Gasteiger partial charge in [0, 0.05) is 0 Å². The smallest absolute Gasteiger partial charge is 0.296 e. The van der Waals surface area contributed by atoms with E-state index < -0.39 is 53.9 Å². The molecule has 0 saturated carbocycles. The molecule has 0 bridgehead atoms. The van der Waals surface area contributed by atoms with Crippen molar-refractivity contribution in [3.8, 4) is 0 Å². The van der Waals surface area contributed by atoms with Gasteiger partial charge in [-0.15, -0.1) is 0 Å². The molecule has 0 amide bonds. The van der Waals surface area contributed by atoms with Gasteiger partial charge in [-0.3, -0.25) is 4.79 Å². The summed E-state index contributed by atoms with van der Waals surface area (Å²) in [6.07, 6.45) is -10.3. The SMILES string of the molecule is O=CC(F)(F)C(F)(F)C(F)(F)C(F)(F)C(F)(F)C(F)(F)C(F)(F)C(F)(F)F. The molecule has 0 N–H and O–H groups in total. The number of rotatable bonds is 7. The summed E-state index contributed by atoms with van der Waals surface area (Å²) >= 11 is 0. The number of carbonyl (C=O) groups is 1. The van der Waals surface area contributed by atoms with E-state index in [0.717, 1.165) is 0 Å². The molecule has 0 saturated heterocycles. The first kappa shape index (κ1) is 25.5. The number of carbonyl (C=O) groups excluding carboxylic acids is 1. The van der Waals surface area contributed by atoms with Gasteiger partial charge in [0.15, 0.2) is 6.29 Å². The molecule has 0 aromatic heterocycles. The third-order valence-corrected chi connectivity index (χ3v) is 2.89. The number of hydrogen-bond donors (Lipinski definition) is 0. The lowest BCUT2D eigenvalue weighted by Crippen LogP contribution is -2.74. The molecule has 0 aromatic carbocycles. The molecule has 162 valence electrons. The first-order valence-electron chi connectivity index (χ1n) is 5.49. The first-order valence-corrected chi connectivity index (χ1v) is 5.49. The summed E-state index contributed by atoms with van der Waals surface area (Å²) in [5, 5.41) is 0. The summed E-state index contributed by atoms with van der Waals surface area (Å²) in [6, 6.07) is 0. The molecule has 1 nitrogen and oxygen atoms in total. The Morgan fingerprint density at radius 3 is 0.815 bits per heavy atom. The van der Waals surface area contributed by atoms with E-state index in [1.807, 2.05) is 0 Å². The zero-order valence-corrected chi connectivity index (χ0v) is 11.4. The van der Waals surface area contributed by atoms with Crippen molar-refractivity contribution < 1.29 is 79.4 Å². The van der Waals surface area contributed by atoms with Crippen molar-refractivity contribution in [3.63, 3.8) is 0 Å². The lowest BCUT2D eigenvalue weighted by molar-refractivity contribution is -0.459. The molecule has 0 aliphatic carbocycles. The van der Waals surface area contributed by atoms with Crippen LogP contribution in [0.5, 0.6) is 0 Å². The maximum Gasteiger partial charge on any atom is 0.460 e. The largest absolute Gasteiger partial charge is 0.460 e. The van der Waals surface area contributed by atoms with Crippen LogP contribution in [0.1, 0.15) is 0 Å². The highest BCUT2D eigenvalue weighted by Crippen LogP contribution is 2.63. The van der Waals surface area contributed by atoms with Gasteiger partial charge in [0.05, 0.1) is 0 Å². The number of alkyl halides is 17. The van der Waals surface area contributed by atoms with Crippen LogP contribution in [-0.2, 0) is 4.79 Å². The molecule has 0 spiro atoms. The molecule has 0 aliphatic rings. The fourth-order valence-electron chi connectivity index (χ4n) is 1.25. The molecule has 0 aliphatic heterocycles. The number of aldehydes is 1. The minimum atomic E-state index is -8.68. The second-order valence-corrected chi connectivity index (χ2v) is 4.68. The topological polar surface area (TPSA) is 17.1 Å². The third-order valence-electron chi connectivity index (χ3n) is 2.89. The van der Waals surface area contributed by atoms with Crippen molar-refractivity contribution in [1.29, 1.82) is 0 Å². The van der Waals surface area contributed by atoms with Gasteiger partial charge in [-0.1, -0.05) is 0 Å². The molecule has 27 heavy (non-hydrogen) atoms. The fraction of sp³-hybridized carbons (Fsp3) is 0.889. The maximum atomic E-state index is 12.9. The van der Waals surface area contributed by atoms with Gasteiger partial charge >= 0.3 is 47.6 Å². The summed E-state index contributed by atoms with van der Waals surface area (Å²) in [5.41, 5.74) is 0. The van der Waals surface area contributed by atoms with Crippen molar-refractivity contribution in [2.45, 2.75) is 47.6 Å². The summed E-state index contributed by atoms with van der Waals surface area (Å²) in [5.74, 6) is -57.3. The predicted octanol–water partition coefficient (Wildman–Crippen LogP) is 5.19. The Kier molecular flexibility index (Phi) is 5.65. The normalized spacial score (nSPS) is 16.5. The lowest BCUT2D eigenvalue weighted by Gasteiger charge is -2.42. The van der Waals surface area contributed by atoms with E-state index in [0.29, 0.717) is 0 Å². The Morgan fingerprint density at radius 2 is 0.593 bits per heavy atom. The van der Waals surface area contributed by atoms with Crippen LogP contribution in [-0.4, -0.2) is 53.9 Å². The Hall–Kier alpha value is -1.52. The van der Waals surface area contributed by atoms with Crippen molar-refractivity contribution >= 4 is 6.29 Å². The standard InChI is InChI=1S/C9HF17O/c10-2(11,1-27)3(12,13)4(14,15)5(16,17)6(18,19)7(20,21)8(22,23)9(24,25)26/h1H. The summed E-state index contributed by atoms with van der Waals surface area (Å²) in [4.78, 5) is 9.57. The first-order chi connectivity index (χ1) is 11.3. The van der Waals surface area contributed by atoms with Crippen LogP contribution in [0.4, 0.5) is 74.6 Å². The molecule has 0 rings (SSSR count). The minimum Gasteiger partial charge on any atom is -0.296 e. The Labute approximate surface area is 135 Å². The zero-order valence-electron chi connectivity index (χ0n) is 11.4. The average Bonchev–Trinajstić information content (AvgIpc) is 2.44. The molecular weight excluding hydrogens is 447 g/mol. The van der Waals surface area contributed by atoms with Gasteiger partial charge in [-0.25, -0.2) is 0 Å². The van der Waals surface area contributed by atoms with Crippen molar-refractivity contribution in [2.24, 2.45) is 0 Å². The van der Waals surface area contributed by atoms with Gasteiger partial charge in [0.25, 0.3) is 0 Å². The minimum absolute atomic E-state index is 2.50. The highest BCUT2D eigenvalue weighted by atomic mass is 19.4.